The summed E-state index contributed by atoms with van der Waals surface area (Å²) in [5.41, 5.74) is 0.469. The second kappa shape index (κ2) is 7.53. The number of hydrogen-bond donors (Lipinski definition) is 1. The Morgan fingerprint density at radius 1 is 1.27 bits per heavy atom. The fourth-order valence-electron chi connectivity index (χ4n) is 2.14. The highest BCUT2D eigenvalue weighted by atomic mass is 16.6. The first-order valence-electron chi connectivity index (χ1n) is 7.07. The number of nitrogens with one attached hydrogen (secondary N) is 1. The third-order valence-electron chi connectivity index (χ3n) is 3.35. The van der Waals surface area contributed by atoms with E-state index in [1.54, 1.807) is 23.1 Å². The third-order valence-corrected chi connectivity index (χ3v) is 3.35. The van der Waals surface area contributed by atoms with Crippen molar-refractivity contribution in [3.63, 3.8) is 0 Å². The first-order chi connectivity index (χ1) is 10.6. The monoisotopic (exact) mass is 308 g/mol. The van der Waals surface area contributed by atoms with Gasteiger partial charge in [-0.15, -0.1) is 0 Å². The van der Waals surface area contributed by atoms with Crippen molar-refractivity contribution in [1.82, 2.24) is 10.2 Å². The largest absolute Gasteiger partial charge is 0.497 e. The SMILES string of the molecule is COc1cc(OC)cc(C(=O)NCCCN2CCOC2=O)c1. The molecule has 1 heterocycles. The van der Waals surface area contributed by atoms with Gasteiger partial charge in [0.2, 0.25) is 0 Å². The quantitative estimate of drug-likeness (QED) is 0.768. The van der Waals surface area contributed by atoms with E-state index in [0.717, 1.165) is 0 Å². The van der Waals surface area contributed by atoms with Crippen molar-refractivity contribution in [3.8, 4) is 11.5 Å². The van der Waals surface area contributed by atoms with E-state index in [1.807, 2.05) is 0 Å². The van der Waals surface area contributed by atoms with Crippen LogP contribution in [0.1, 0.15) is 16.8 Å². The molecule has 0 unspecified atom stereocenters. The van der Waals surface area contributed by atoms with Crippen LogP contribution in [0.15, 0.2) is 18.2 Å². The molecule has 1 saturated heterocycles. The summed E-state index contributed by atoms with van der Waals surface area (Å²) >= 11 is 0. The summed E-state index contributed by atoms with van der Waals surface area (Å²) in [6.07, 6.45) is 0.381. The topological polar surface area (TPSA) is 77.1 Å². The molecule has 0 aliphatic carbocycles. The Kier molecular flexibility index (Phi) is 5.46. The zero-order chi connectivity index (χ0) is 15.9. The van der Waals surface area contributed by atoms with E-state index < -0.39 is 0 Å². The number of cyclic esters (lactones) is 1. The van der Waals surface area contributed by atoms with Gasteiger partial charge in [-0.3, -0.25) is 4.79 Å². The van der Waals surface area contributed by atoms with Gasteiger partial charge in [0.25, 0.3) is 5.91 Å². The van der Waals surface area contributed by atoms with Gasteiger partial charge in [-0.1, -0.05) is 0 Å². The number of hydrogen-bond acceptors (Lipinski definition) is 5. The van der Waals surface area contributed by atoms with Crippen molar-refractivity contribution >= 4 is 12.0 Å². The summed E-state index contributed by atoms with van der Waals surface area (Å²) in [6, 6.07) is 5.00. The van der Waals surface area contributed by atoms with Gasteiger partial charge < -0.3 is 24.4 Å². The Morgan fingerprint density at radius 2 is 1.95 bits per heavy atom. The van der Waals surface area contributed by atoms with Crippen LogP contribution in [0.2, 0.25) is 0 Å². The highest BCUT2D eigenvalue weighted by Gasteiger charge is 2.20. The molecule has 2 amide bonds. The molecule has 7 nitrogen and oxygen atoms in total. The van der Waals surface area contributed by atoms with Crippen molar-refractivity contribution in [3.05, 3.63) is 23.8 Å². The highest BCUT2D eigenvalue weighted by Crippen LogP contribution is 2.22. The molecule has 120 valence electrons. The predicted octanol–water partition coefficient (Wildman–Crippen LogP) is 1.28. The Bertz CT molecular complexity index is 524. The molecule has 0 bridgehead atoms. The second-order valence-electron chi connectivity index (χ2n) is 4.81. The van der Waals surface area contributed by atoms with Gasteiger partial charge >= 0.3 is 6.09 Å². The maximum atomic E-state index is 12.1. The Hall–Kier alpha value is -2.44. The lowest BCUT2D eigenvalue weighted by Gasteiger charge is -2.13. The summed E-state index contributed by atoms with van der Waals surface area (Å²) in [5, 5.41) is 2.81. The molecule has 1 aromatic carbocycles. The molecule has 2 rings (SSSR count). The van der Waals surface area contributed by atoms with E-state index in [4.69, 9.17) is 14.2 Å². The number of carbonyl (C=O) groups excluding carboxylic acids is 2. The van der Waals surface area contributed by atoms with Crippen molar-refractivity contribution < 1.29 is 23.8 Å². The van der Waals surface area contributed by atoms with E-state index in [-0.39, 0.29) is 12.0 Å². The molecule has 1 aliphatic rings. The van der Waals surface area contributed by atoms with Gasteiger partial charge in [0, 0.05) is 24.7 Å². The fraction of sp³-hybridized carbons (Fsp3) is 0.467. The van der Waals surface area contributed by atoms with E-state index in [2.05, 4.69) is 5.32 Å². The summed E-state index contributed by atoms with van der Waals surface area (Å²) in [4.78, 5) is 25.0. The van der Waals surface area contributed by atoms with Crippen LogP contribution in [-0.2, 0) is 4.74 Å². The molecule has 1 aromatic rings. The summed E-state index contributed by atoms with van der Waals surface area (Å²) in [6.45, 7) is 2.09. The molecule has 0 saturated carbocycles. The average Bonchev–Trinajstić information content (AvgIpc) is 2.95. The molecule has 1 N–H and O–H groups in total. The van der Waals surface area contributed by atoms with Crippen LogP contribution in [0.5, 0.6) is 11.5 Å². The molecule has 22 heavy (non-hydrogen) atoms. The number of benzene rings is 1. The first kappa shape index (κ1) is 15.9. The maximum Gasteiger partial charge on any atom is 0.409 e. The number of rotatable bonds is 7. The highest BCUT2D eigenvalue weighted by molar-refractivity contribution is 5.95. The standard InChI is InChI=1S/C15H20N2O5/c1-20-12-8-11(9-13(10-12)21-2)14(18)16-4-3-5-17-6-7-22-15(17)19/h8-10H,3-7H2,1-2H3,(H,16,18). The zero-order valence-electron chi connectivity index (χ0n) is 12.8. The first-order valence-corrected chi connectivity index (χ1v) is 7.07. The van der Waals surface area contributed by atoms with E-state index in [1.165, 1.54) is 14.2 Å². The number of amides is 2. The minimum Gasteiger partial charge on any atom is -0.497 e. The number of nitrogens with zero attached hydrogens (tertiary/aromatic N) is 1. The van der Waals surface area contributed by atoms with E-state index in [9.17, 15) is 9.59 Å². The maximum absolute atomic E-state index is 12.1. The van der Waals surface area contributed by atoms with E-state index >= 15 is 0 Å². The van der Waals surface area contributed by atoms with Crippen molar-refractivity contribution in [1.29, 1.82) is 0 Å². The normalized spacial score (nSPS) is 13.7. The van der Waals surface area contributed by atoms with Gasteiger partial charge in [-0.25, -0.2) is 4.79 Å². The number of ether oxygens (including phenoxy) is 3. The van der Waals surface area contributed by atoms with Crippen molar-refractivity contribution in [2.75, 3.05) is 40.5 Å². The lowest BCUT2D eigenvalue weighted by molar-refractivity contribution is 0.0951. The Labute approximate surface area is 129 Å². The Balaban J connectivity index is 1.83. The summed E-state index contributed by atoms with van der Waals surface area (Å²) in [5.74, 6) is 0.912. The van der Waals surface area contributed by atoms with Gasteiger partial charge in [-0.2, -0.15) is 0 Å². The average molecular weight is 308 g/mol. The van der Waals surface area contributed by atoms with Crippen LogP contribution in [0.25, 0.3) is 0 Å². The predicted molar refractivity (Wildman–Crippen MR) is 79.4 cm³/mol. The lowest BCUT2D eigenvalue weighted by Crippen LogP contribution is -2.30. The molecule has 1 fully saturated rings. The molecule has 1 aliphatic heterocycles. The minimum absolute atomic E-state index is 0.207. The van der Waals surface area contributed by atoms with Crippen LogP contribution in [-0.4, -0.2) is 57.4 Å². The molecule has 7 heteroatoms. The number of methoxy groups -OCH3 is 2. The molecular weight excluding hydrogens is 288 g/mol. The molecule has 0 aromatic heterocycles. The summed E-state index contributed by atoms with van der Waals surface area (Å²) in [7, 11) is 3.07. The molecule has 0 radical (unpaired) electrons. The van der Waals surface area contributed by atoms with Crippen LogP contribution >= 0.6 is 0 Å². The molecule has 0 spiro atoms. The lowest BCUT2D eigenvalue weighted by atomic mass is 10.2. The smallest absolute Gasteiger partial charge is 0.409 e. The number of carbonyl (C=O) groups is 2. The fourth-order valence-corrected chi connectivity index (χ4v) is 2.14. The van der Waals surface area contributed by atoms with Crippen LogP contribution < -0.4 is 14.8 Å². The third kappa shape index (κ3) is 4.03. The van der Waals surface area contributed by atoms with Crippen molar-refractivity contribution in [2.45, 2.75) is 6.42 Å². The zero-order valence-corrected chi connectivity index (χ0v) is 12.8. The van der Waals surface area contributed by atoms with Gasteiger partial charge in [0.05, 0.1) is 20.8 Å². The van der Waals surface area contributed by atoms with E-state index in [0.29, 0.717) is 49.7 Å². The van der Waals surface area contributed by atoms with Gasteiger partial charge in [0.15, 0.2) is 0 Å². The van der Waals surface area contributed by atoms with Crippen LogP contribution in [0, 0.1) is 0 Å². The van der Waals surface area contributed by atoms with Crippen molar-refractivity contribution in [2.24, 2.45) is 0 Å². The second-order valence-corrected chi connectivity index (χ2v) is 4.81. The van der Waals surface area contributed by atoms with Crippen LogP contribution in [0.3, 0.4) is 0 Å². The molecular formula is C15H20N2O5. The molecule has 0 atom stereocenters. The summed E-state index contributed by atoms with van der Waals surface area (Å²) < 4.78 is 15.1. The Morgan fingerprint density at radius 3 is 2.50 bits per heavy atom. The minimum atomic E-state index is -0.288. The van der Waals surface area contributed by atoms with Gasteiger partial charge in [0.1, 0.15) is 18.1 Å². The van der Waals surface area contributed by atoms with Gasteiger partial charge in [-0.05, 0) is 18.6 Å². The van der Waals surface area contributed by atoms with Crippen LogP contribution in [0.4, 0.5) is 4.79 Å².